The number of aldehydes is 1. The predicted molar refractivity (Wildman–Crippen MR) is 78.8 cm³/mol. The first-order chi connectivity index (χ1) is 10.2. The molecular weight excluding hydrogens is 268 g/mol. The number of ether oxygens (including phenoxy) is 2. The maximum absolute atomic E-state index is 11.7. The maximum atomic E-state index is 11.7. The van der Waals surface area contributed by atoms with Crippen molar-refractivity contribution in [3.63, 3.8) is 0 Å². The molecule has 0 aliphatic heterocycles. The Balaban J connectivity index is 1.87. The third kappa shape index (κ3) is 4.45. The first-order valence-electron chi connectivity index (χ1n) is 6.69. The molecule has 21 heavy (non-hydrogen) atoms. The molecule has 2 aromatic rings. The molecule has 0 N–H and O–H groups in total. The van der Waals surface area contributed by atoms with Crippen molar-refractivity contribution in [1.29, 1.82) is 0 Å². The van der Waals surface area contributed by atoms with Gasteiger partial charge < -0.3 is 9.47 Å². The highest BCUT2D eigenvalue weighted by Gasteiger charge is 2.06. The summed E-state index contributed by atoms with van der Waals surface area (Å²) in [6.07, 6.45) is 1.65. The van der Waals surface area contributed by atoms with Crippen LogP contribution in [0.15, 0.2) is 48.5 Å². The van der Waals surface area contributed by atoms with Gasteiger partial charge in [0.05, 0.1) is 0 Å². The molecule has 0 fully saturated rings. The van der Waals surface area contributed by atoms with Gasteiger partial charge in [-0.05, 0) is 36.2 Å². The Bertz CT molecular complexity index is 617. The van der Waals surface area contributed by atoms with E-state index in [1.807, 2.05) is 24.3 Å². The molecule has 0 aliphatic carbocycles. The van der Waals surface area contributed by atoms with Gasteiger partial charge >= 0.3 is 5.97 Å². The van der Waals surface area contributed by atoms with Crippen LogP contribution in [0.4, 0.5) is 0 Å². The van der Waals surface area contributed by atoms with Gasteiger partial charge in [-0.3, -0.25) is 4.79 Å². The number of benzene rings is 2. The van der Waals surface area contributed by atoms with E-state index in [1.165, 1.54) is 11.6 Å². The van der Waals surface area contributed by atoms with E-state index in [9.17, 15) is 9.59 Å². The molecule has 0 unspecified atom stereocenters. The number of carbonyl (C=O) groups excluding carboxylic acids is 2. The number of rotatable bonds is 6. The van der Waals surface area contributed by atoms with E-state index in [0.717, 1.165) is 6.42 Å². The van der Waals surface area contributed by atoms with Gasteiger partial charge in [0.15, 0.2) is 6.61 Å². The van der Waals surface area contributed by atoms with E-state index < -0.39 is 5.97 Å². The summed E-state index contributed by atoms with van der Waals surface area (Å²) in [5.41, 5.74) is 1.66. The quantitative estimate of drug-likeness (QED) is 0.465. The van der Waals surface area contributed by atoms with Gasteiger partial charge in [0.1, 0.15) is 17.8 Å². The Morgan fingerprint density at radius 2 is 1.86 bits per heavy atom. The van der Waals surface area contributed by atoms with Crippen LogP contribution in [0.25, 0.3) is 0 Å². The van der Waals surface area contributed by atoms with Crippen LogP contribution < -0.4 is 9.47 Å². The lowest BCUT2D eigenvalue weighted by Gasteiger charge is -2.07. The molecule has 0 saturated carbocycles. The van der Waals surface area contributed by atoms with E-state index >= 15 is 0 Å². The Morgan fingerprint density at radius 1 is 1.10 bits per heavy atom. The standard InChI is InChI=1S/C17H16O4/c1-2-13-6-8-15(9-7-13)20-12-17(19)21-16-5-3-4-14(10-16)11-18/h3-11H,2,12H2,1H3. The average molecular weight is 284 g/mol. The normalized spacial score (nSPS) is 9.95. The molecule has 0 saturated heterocycles. The zero-order valence-corrected chi connectivity index (χ0v) is 11.7. The molecule has 108 valence electrons. The number of aryl methyl sites for hydroxylation is 1. The summed E-state index contributed by atoms with van der Waals surface area (Å²) in [6, 6.07) is 13.9. The zero-order chi connectivity index (χ0) is 15.1. The minimum Gasteiger partial charge on any atom is -0.482 e. The predicted octanol–water partition coefficient (Wildman–Crippen LogP) is 3.05. The number of esters is 1. The summed E-state index contributed by atoms with van der Waals surface area (Å²) in [6.45, 7) is 1.89. The van der Waals surface area contributed by atoms with Crippen LogP contribution in [0.5, 0.6) is 11.5 Å². The molecule has 4 heteroatoms. The summed E-state index contributed by atoms with van der Waals surface area (Å²) in [7, 11) is 0. The highest BCUT2D eigenvalue weighted by molar-refractivity contribution is 5.77. The van der Waals surface area contributed by atoms with E-state index in [-0.39, 0.29) is 6.61 Å². The van der Waals surface area contributed by atoms with E-state index in [4.69, 9.17) is 9.47 Å². The Hall–Kier alpha value is -2.62. The maximum Gasteiger partial charge on any atom is 0.349 e. The van der Waals surface area contributed by atoms with Crippen molar-refractivity contribution in [2.45, 2.75) is 13.3 Å². The van der Waals surface area contributed by atoms with E-state index in [1.54, 1.807) is 18.2 Å². The second-order valence-corrected chi connectivity index (χ2v) is 4.45. The fraction of sp³-hybridized carbons (Fsp3) is 0.176. The SMILES string of the molecule is CCc1ccc(OCC(=O)Oc2cccc(C=O)c2)cc1. The summed E-state index contributed by atoms with van der Waals surface area (Å²) in [5.74, 6) is 0.429. The van der Waals surface area contributed by atoms with Crippen LogP contribution in [-0.2, 0) is 11.2 Å². The fourth-order valence-electron chi connectivity index (χ4n) is 1.78. The average Bonchev–Trinajstić information content (AvgIpc) is 2.53. The molecule has 2 aromatic carbocycles. The van der Waals surface area contributed by atoms with Crippen LogP contribution >= 0.6 is 0 Å². The van der Waals surface area contributed by atoms with Crippen molar-refractivity contribution in [2.24, 2.45) is 0 Å². The smallest absolute Gasteiger partial charge is 0.349 e. The Morgan fingerprint density at radius 3 is 2.52 bits per heavy atom. The van der Waals surface area contributed by atoms with E-state index in [0.29, 0.717) is 23.3 Å². The number of hydrogen-bond donors (Lipinski definition) is 0. The van der Waals surface area contributed by atoms with Gasteiger partial charge in [-0.2, -0.15) is 0 Å². The second kappa shape index (κ2) is 7.24. The molecule has 2 rings (SSSR count). The van der Waals surface area contributed by atoms with Crippen molar-refractivity contribution in [3.8, 4) is 11.5 Å². The fourth-order valence-corrected chi connectivity index (χ4v) is 1.78. The van der Waals surface area contributed by atoms with Gasteiger partial charge in [-0.1, -0.05) is 31.2 Å². The third-order valence-electron chi connectivity index (χ3n) is 2.91. The number of carbonyl (C=O) groups is 2. The molecule has 0 radical (unpaired) electrons. The molecule has 0 aromatic heterocycles. The molecule has 0 heterocycles. The lowest BCUT2D eigenvalue weighted by atomic mass is 10.2. The summed E-state index contributed by atoms with van der Waals surface area (Å²) in [4.78, 5) is 22.3. The lowest BCUT2D eigenvalue weighted by Crippen LogP contribution is -2.17. The van der Waals surface area contributed by atoms with Crippen molar-refractivity contribution in [2.75, 3.05) is 6.61 Å². The van der Waals surface area contributed by atoms with Crippen molar-refractivity contribution >= 4 is 12.3 Å². The van der Waals surface area contributed by atoms with Gasteiger partial charge in [0.2, 0.25) is 0 Å². The van der Waals surface area contributed by atoms with Crippen LogP contribution in [-0.4, -0.2) is 18.9 Å². The summed E-state index contributed by atoms with van der Waals surface area (Å²) >= 11 is 0. The summed E-state index contributed by atoms with van der Waals surface area (Å²) < 4.78 is 10.5. The second-order valence-electron chi connectivity index (χ2n) is 4.45. The topological polar surface area (TPSA) is 52.6 Å². The first kappa shape index (κ1) is 14.8. The van der Waals surface area contributed by atoms with Crippen molar-refractivity contribution < 1.29 is 19.1 Å². The minimum atomic E-state index is -0.516. The molecule has 0 bridgehead atoms. The molecule has 0 amide bonds. The summed E-state index contributed by atoms with van der Waals surface area (Å²) in [5, 5.41) is 0. The van der Waals surface area contributed by atoms with Crippen molar-refractivity contribution in [3.05, 3.63) is 59.7 Å². The van der Waals surface area contributed by atoms with Gasteiger partial charge in [-0.25, -0.2) is 4.79 Å². The monoisotopic (exact) mass is 284 g/mol. The third-order valence-corrected chi connectivity index (χ3v) is 2.91. The van der Waals surface area contributed by atoms with Crippen molar-refractivity contribution in [1.82, 2.24) is 0 Å². The van der Waals surface area contributed by atoms with Crippen LogP contribution in [0.1, 0.15) is 22.8 Å². The highest BCUT2D eigenvalue weighted by atomic mass is 16.6. The number of hydrogen-bond acceptors (Lipinski definition) is 4. The van der Waals surface area contributed by atoms with Gasteiger partial charge in [-0.15, -0.1) is 0 Å². The lowest BCUT2D eigenvalue weighted by molar-refractivity contribution is -0.136. The molecule has 4 nitrogen and oxygen atoms in total. The van der Waals surface area contributed by atoms with E-state index in [2.05, 4.69) is 6.92 Å². The highest BCUT2D eigenvalue weighted by Crippen LogP contribution is 2.14. The molecule has 0 atom stereocenters. The molecular formula is C17H16O4. The van der Waals surface area contributed by atoms with Gasteiger partial charge in [0, 0.05) is 5.56 Å². The zero-order valence-electron chi connectivity index (χ0n) is 11.7. The first-order valence-corrected chi connectivity index (χ1v) is 6.69. The van der Waals surface area contributed by atoms with Crippen LogP contribution in [0.3, 0.4) is 0 Å². The Kier molecular flexibility index (Phi) is 5.10. The molecule has 0 spiro atoms. The minimum absolute atomic E-state index is 0.184. The molecule has 0 aliphatic rings. The van der Waals surface area contributed by atoms with Crippen LogP contribution in [0, 0.1) is 0 Å². The van der Waals surface area contributed by atoms with Gasteiger partial charge in [0.25, 0.3) is 0 Å². The Labute approximate surface area is 123 Å². The largest absolute Gasteiger partial charge is 0.482 e. The van der Waals surface area contributed by atoms with Crippen LogP contribution in [0.2, 0.25) is 0 Å².